The monoisotopic (exact) mass is 1100 g/mol. The highest BCUT2D eigenvalue weighted by molar-refractivity contribution is 7.88. The lowest BCUT2D eigenvalue weighted by Crippen LogP contribution is -2.41. The van der Waals surface area contributed by atoms with Crippen molar-refractivity contribution >= 4 is 49.3 Å². The fraction of sp³-hybridized carbons (Fsp3) is 0.527. The van der Waals surface area contributed by atoms with Crippen LogP contribution in [0.5, 0.6) is 17.2 Å². The first-order valence-corrected chi connectivity index (χ1v) is 26.1. The molecule has 0 spiro atoms. The fourth-order valence-corrected chi connectivity index (χ4v) is 7.69. The summed E-state index contributed by atoms with van der Waals surface area (Å²) < 4.78 is 123. The van der Waals surface area contributed by atoms with Crippen molar-refractivity contribution in [1.29, 1.82) is 0 Å². The van der Waals surface area contributed by atoms with E-state index in [-0.39, 0.29) is 61.5 Å². The van der Waals surface area contributed by atoms with Gasteiger partial charge in [-0.3, -0.25) is 9.59 Å². The second-order valence-electron chi connectivity index (χ2n) is 21.0. The number of para-hydroxylation sites is 1. The average molecular weight is 1100 g/mol. The van der Waals surface area contributed by atoms with Crippen molar-refractivity contribution in [2.24, 2.45) is 0 Å². The van der Waals surface area contributed by atoms with Crippen molar-refractivity contribution in [3.63, 3.8) is 0 Å². The molecule has 22 heteroatoms. The number of carbonyl (C=O) groups excluding carboxylic acids is 2. The Balaban J connectivity index is 0.000000308. The molecule has 424 valence electrons. The van der Waals surface area contributed by atoms with Gasteiger partial charge in [-0.1, -0.05) is 93.7 Å². The van der Waals surface area contributed by atoms with Crippen LogP contribution < -0.4 is 19.1 Å². The lowest BCUT2D eigenvalue weighted by atomic mass is 9.49. The maximum atomic E-state index is 12.6. The van der Waals surface area contributed by atoms with Gasteiger partial charge in [0.1, 0.15) is 12.0 Å². The number of ether oxygens (including phenoxy) is 4. The summed E-state index contributed by atoms with van der Waals surface area (Å²) in [5.41, 5.74) is -5.15. The Kier molecular flexibility index (Phi) is 23.7. The van der Waals surface area contributed by atoms with Gasteiger partial charge in [0.2, 0.25) is 0 Å². The zero-order valence-electron chi connectivity index (χ0n) is 44.9. The lowest BCUT2D eigenvalue weighted by molar-refractivity contribution is -0.0500. The zero-order chi connectivity index (χ0) is 55.5. The number of hydrogen-bond donors (Lipinski definition) is 0. The molecule has 77 heavy (non-hydrogen) atoms. The van der Waals surface area contributed by atoms with E-state index in [2.05, 4.69) is 4.18 Å². The van der Waals surface area contributed by atoms with E-state index in [1.165, 1.54) is 12.1 Å². The minimum Gasteiger partial charge on any atom is -0.494 e. The lowest BCUT2D eigenvalue weighted by Gasteiger charge is -2.32. The van der Waals surface area contributed by atoms with E-state index in [1.807, 2.05) is 150 Å². The standard InChI is InChI=1S/C23H29BO5.C18H17F3O6S.C12H24B2O4.2CH4/c1-22(2)23(3,4)29-24(28-22)21-19(16-25)12-8-13-20(21)27-15-9-14-26-17-18-10-6-5-7-11-18;19-18(20,21)28(23,24)27-17-15(12-22)8-4-9-16(17)26-11-5-10-25-13-14-6-2-1-3-7-14;1-9(2)10(3,4)16-13(15-9)14-17-11(5,6)12(7,8)18-14;;/h5-8,10-13,16H,9,14-15,17H2,1-4H3;1-4,6-9,12H,5,10-11,13H2;1-8H3;2*1H4. The van der Waals surface area contributed by atoms with Crippen molar-refractivity contribution in [2.75, 3.05) is 26.4 Å². The quantitative estimate of drug-likeness (QED) is 0.0269. The molecule has 3 aliphatic heterocycles. The van der Waals surface area contributed by atoms with Gasteiger partial charge in [0.05, 0.1) is 78.8 Å². The maximum Gasteiger partial charge on any atom is 0.534 e. The molecule has 0 aliphatic carbocycles. The molecular formula is C55H78B3F3O15S. The van der Waals surface area contributed by atoms with Gasteiger partial charge in [-0.05, 0) is 112 Å². The minimum absolute atomic E-state index is 0. The van der Waals surface area contributed by atoms with Gasteiger partial charge in [0.25, 0.3) is 0 Å². The fourth-order valence-electron chi connectivity index (χ4n) is 7.20. The molecule has 0 atom stereocenters. The van der Waals surface area contributed by atoms with Crippen LogP contribution >= 0.6 is 0 Å². The summed E-state index contributed by atoms with van der Waals surface area (Å²) in [6.07, 6.45) is 2.11. The molecule has 3 heterocycles. The SMILES string of the molecule is C.C.CC1(C)OB(B2OC(C)(C)C(C)(C)O2)OC1(C)C.CC1(C)OB(c2c(C=O)cccc2OCCCOCc2ccccc2)OC1(C)C.O=Cc1cccc(OCCCOCc2ccccc2)c1OS(=O)(=O)C(F)(F)F. The van der Waals surface area contributed by atoms with E-state index >= 15 is 0 Å². The molecule has 15 nitrogen and oxygen atoms in total. The molecule has 0 radical (unpaired) electrons. The number of halogens is 3. The van der Waals surface area contributed by atoms with E-state index in [0.717, 1.165) is 29.9 Å². The van der Waals surface area contributed by atoms with E-state index in [9.17, 15) is 31.2 Å². The second kappa shape index (κ2) is 27.4. The molecule has 0 amide bonds. The van der Waals surface area contributed by atoms with Gasteiger partial charge < -0.3 is 51.1 Å². The predicted molar refractivity (Wildman–Crippen MR) is 293 cm³/mol. The predicted octanol–water partition coefficient (Wildman–Crippen LogP) is 11.0. The topological polar surface area (TPSA) is 170 Å². The first-order valence-electron chi connectivity index (χ1n) is 24.7. The Bertz CT molecular complexity index is 2520. The maximum absolute atomic E-state index is 12.6. The Labute approximate surface area is 455 Å². The van der Waals surface area contributed by atoms with Crippen molar-refractivity contribution in [1.82, 2.24) is 0 Å². The highest BCUT2D eigenvalue weighted by atomic mass is 32.2. The van der Waals surface area contributed by atoms with Gasteiger partial charge in [-0.25, -0.2) is 0 Å². The molecule has 3 fully saturated rings. The highest BCUT2D eigenvalue weighted by Gasteiger charge is 2.64. The van der Waals surface area contributed by atoms with Crippen LogP contribution in [0.3, 0.4) is 0 Å². The second-order valence-corrected chi connectivity index (χ2v) is 22.5. The Morgan fingerprint density at radius 1 is 0.494 bits per heavy atom. The molecule has 3 saturated heterocycles. The molecule has 4 aromatic carbocycles. The largest absolute Gasteiger partial charge is 0.534 e. The summed E-state index contributed by atoms with van der Waals surface area (Å²) in [6.45, 7) is 26.5. The minimum atomic E-state index is -5.94. The normalized spacial score (nSPS) is 18.3. The smallest absolute Gasteiger partial charge is 0.494 e. The first-order chi connectivity index (χ1) is 35.0. The summed E-state index contributed by atoms with van der Waals surface area (Å²) in [5.74, 6) is -0.489. The van der Waals surface area contributed by atoms with Crippen LogP contribution in [-0.4, -0.2) is 108 Å². The van der Waals surface area contributed by atoms with Gasteiger partial charge >= 0.3 is 36.8 Å². The molecule has 4 aromatic rings. The van der Waals surface area contributed by atoms with E-state index in [0.29, 0.717) is 56.2 Å². The number of aldehydes is 2. The highest BCUT2D eigenvalue weighted by Crippen LogP contribution is 2.43. The van der Waals surface area contributed by atoms with Crippen LogP contribution in [-0.2, 0) is 60.7 Å². The molecular weight excluding hydrogens is 1020 g/mol. The number of rotatable bonds is 20. The van der Waals surface area contributed by atoms with Crippen LogP contribution in [0.4, 0.5) is 13.2 Å². The van der Waals surface area contributed by atoms with Crippen LogP contribution in [0.15, 0.2) is 97.1 Å². The van der Waals surface area contributed by atoms with Crippen molar-refractivity contribution in [2.45, 2.75) is 163 Å². The third kappa shape index (κ3) is 17.4. The van der Waals surface area contributed by atoms with E-state index in [4.69, 9.17) is 46.9 Å². The summed E-state index contributed by atoms with van der Waals surface area (Å²) in [7, 11) is -7.54. The third-order valence-corrected chi connectivity index (χ3v) is 14.7. The van der Waals surface area contributed by atoms with Crippen LogP contribution in [0, 0.1) is 0 Å². The number of benzene rings is 4. The van der Waals surface area contributed by atoms with Crippen molar-refractivity contribution < 1.29 is 82.2 Å². The summed E-state index contributed by atoms with van der Waals surface area (Å²) in [6, 6.07) is 28.5. The van der Waals surface area contributed by atoms with Crippen molar-refractivity contribution in [3.05, 3.63) is 119 Å². The molecule has 3 aliphatic rings. The van der Waals surface area contributed by atoms with Crippen LogP contribution in [0.25, 0.3) is 0 Å². The number of alkyl halides is 3. The van der Waals surface area contributed by atoms with Crippen molar-refractivity contribution in [3.8, 4) is 17.2 Å². The summed E-state index contributed by atoms with van der Waals surface area (Å²) in [5, 5.41) is 0. The van der Waals surface area contributed by atoms with Crippen LogP contribution in [0.1, 0.15) is 143 Å². The summed E-state index contributed by atoms with van der Waals surface area (Å²) in [4.78, 5) is 22.7. The van der Waals surface area contributed by atoms with Gasteiger partial charge in [0.15, 0.2) is 17.8 Å². The Morgan fingerprint density at radius 3 is 1.25 bits per heavy atom. The Hall–Kier alpha value is -4.77. The third-order valence-electron chi connectivity index (χ3n) is 13.7. The summed E-state index contributed by atoms with van der Waals surface area (Å²) >= 11 is 0. The zero-order valence-corrected chi connectivity index (χ0v) is 45.8. The first kappa shape index (κ1) is 66.5. The molecule has 0 aromatic heterocycles. The molecule has 0 bridgehead atoms. The van der Waals surface area contributed by atoms with Crippen LogP contribution in [0.2, 0.25) is 0 Å². The van der Waals surface area contributed by atoms with Gasteiger partial charge in [0, 0.05) is 23.9 Å². The number of hydrogen-bond acceptors (Lipinski definition) is 15. The van der Waals surface area contributed by atoms with E-state index in [1.54, 1.807) is 12.1 Å². The van der Waals surface area contributed by atoms with Gasteiger partial charge in [-0.15, -0.1) is 0 Å². The molecule has 0 N–H and O–H groups in total. The molecule has 0 saturated carbocycles. The Morgan fingerprint density at radius 2 is 0.857 bits per heavy atom. The molecule has 0 unspecified atom stereocenters. The average Bonchev–Trinajstić information content (AvgIpc) is 3.81. The number of carbonyl (C=O) groups is 2. The van der Waals surface area contributed by atoms with E-state index < -0.39 is 53.7 Å². The molecule has 7 rings (SSSR count). The van der Waals surface area contributed by atoms with Gasteiger partial charge in [-0.2, -0.15) is 21.6 Å².